The van der Waals surface area contributed by atoms with Crippen molar-refractivity contribution in [1.29, 1.82) is 0 Å². The van der Waals surface area contributed by atoms with Crippen LogP contribution in [0.1, 0.15) is 38.3 Å². The maximum Gasteiger partial charge on any atom is 0.343 e. The summed E-state index contributed by atoms with van der Waals surface area (Å²) in [6.07, 6.45) is 0.00870. The predicted octanol–water partition coefficient (Wildman–Crippen LogP) is 4.21. The molecule has 0 aromatic heterocycles. The normalized spacial score (nSPS) is 14.7. The molecule has 1 aliphatic heterocycles. The van der Waals surface area contributed by atoms with Gasteiger partial charge < -0.3 is 14.4 Å². The maximum absolute atomic E-state index is 12.5. The summed E-state index contributed by atoms with van der Waals surface area (Å²) < 4.78 is 10.4. The zero-order chi connectivity index (χ0) is 27.4. The Bertz CT molecular complexity index is 1410. The summed E-state index contributed by atoms with van der Waals surface area (Å²) in [7, 11) is 0. The number of benzene rings is 3. The molecule has 1 atom stereocenters. The topological polar surface area (TPSA) is 133 Å². The summed E-state index contributed by atoms with van der Waals surface area (Å²) in [5.41, 5.74) is 3.09. The Morgan fingerprint density at radius 3 is 2.24 bits per heavy atom. The van der Waals surface area contributed by atoms with Gasteiger partial charge >= 0.3 is 11.9 Å². The van der Waals surface area contributed by atoms with Crippen molar-refractivity contribution in [3.63, 3.8) is 0 Å². The molecule has 4 rings (SSSR count). The third-order valence-corrected chi connectivity index (χ3v) is 6.31. The minimum atomic E-state index is -0.714. The molecule has 0 spiro atoms. The number of rotatable bonds is 8. The van der Waals surface area contributed by atoms with Crippen molar-refractivity contribution in [2.24, 2.45) is 5.92 Å². The Hall–Kier alpha value is -4.86. The summed E-state index contributed by atoms with van der Waals surface area (Å²) in [6.45, 7) is 3.62. The van der Waals surface area contributed by atoms with E-state index >= 15 is 0 Å². The van der Waals surface area contributed by atoms with E-state index in [-0.39, 0.29) is 41.4 Å². The van der Waals surface area contributed by atoms with Crippen molar-refractivity contribution in [2.75, 3.05) is 18.1 Å². The van der Waals surface area contributed by atoms with Crippen LogP contribution < -0.4 is 9.64 Å². The third kappa shape index (κ3) is 5.92. The Labute approximate surface area is 217 Å². The van der Waals surface area contributed by atoms with Gasteiger partial charge in [0.05, 0.1) is 16.4 Å². The Balaban J connectivity index is 1.29. The molecule has 3 aromatic rings. The average molecular weight is 517 g/mol. The molecule has 0 unspecified atom stereocenters. The van der Waals surface area contributed by atoms with Crippen LogP contribution in [0, 0.1) is 29.9 Å². The summed E-state index contributed by atoms with van der Waals surface area (Å²) in [4.78, 5) is 61.5. The first kappa shape index (κ1) is 26.2. The summed E-state index contributed by atoms with van der Waals surface area (Å²) >= 11 is 0. The van der Waals surface area contributed by atoms with Gasteiger partial charge in [-0.15, -0.1) is 0 Å². The quantitative estimate of drug-likeness (QED) is 0.143. The smallest absolute Gasteiger partial charge is 0.343 e. The van der Waals surface area contributed by atoms with Crippen LogP contribution in [0.2, 0.25) is 0 Å². The van der Waals surface area contributed by atoms with Gasteiger partial charge in [0.2, 0.25) is 5.91 Å². The monoisotopic (exact) mass is 516 g/mol. The van der Waals surface area contributed by atoms with Gasteiger partial charge in [0.1, 0.15) is 5.75 Å². The molecule has 38 heavy (non-hydrogen) atoms. The SMILES string of the molecule is Cc1ccc(N2C[C@H](C(=O)OCC(=O)c3ccc(OC(=O)c4ccc([N+](=O)[O-])cc4)cc3)CC2=O)cc1C. The lowest BCUT2D eigenvalue weighted by atomic mass is 10.1. The van der Waals surface area contributed by atoms with Crippen LogP contribution >= 0.6 is 0 Å². The lowest BCUT2D eigenvalue weighted by Gasteiger charge is -2.17. The second-order valence-corrected chi connectivity index (χ2v) is 8.92. The number of hydrogen-bond acceptors (Lipinski definition) is 8. The number of non-ortho nitro benzene ring substituents is 1. The highest BCUT2D eigenvalue weighted by molar-refractivity contribution is 6.01. The highest BCUT2D eigenvalue weighted by Gasteiger charge is 2.36. The molecule has 1 fully saturated rings. The van der Waals surface area contributed by atoms with E-state index in [1.807, 2.05) is 32.0 Å². The molecule has 194 valence electrons. The van der Waals surface area contributed by atoms with Gasteiger partial charge in [-0.2, -0.15) is 0 Å². The molecule has 1 heterocycles. The number of Topliss-reactive ketones (excluding diaryl/α,β-unsaturated/α-hetero) is 1. The second-order valence-electron chi connectivity index (χ2n) is 8.92. The lowest BCUT2D eigenvalue weighted by molar-refractivity contribution is -0.384. The van der Waals surface area contributed by atoms with Crippen molar-refractivity contribution in [3.05, 3.63) is 99.1 Å². The molecule has 1 aliphatic rings. The van der Waals surface area contributed by atoms with Gasteiger partial charge in [-0.3, -0.25) is 24.5 Å². The molecular formula is C28H24N2O8. The van der Waals surface area contributed by atoms with Crippen LogP contribution in [0.3, 0.4) is 0 Å². The highest BCUT2D eigenvalue weighted by Crippen LogP contribution is 2.27. The minimum absolute atomic E-state index is 0.00870. The van der Waals surface area contributed by atoms with Crippen molar-refractivity contribution >= 4 is 35.0 Å². The first-order valence-corrected chi connectivity index (χ1v) is 11.8. The van der Waals surface area contributed by atoms with Crippen molar-refractivity contribution in [3.8, 4) is 5.75 Å². The van der Waals surface area contributed by atoms with E-state index in [0.717, 1.165) is 16.8 Å². The number of ether oxygens (including phenoxy) is 2. The number of hydrogen-bond donors (Lipinski definition) is 0. The van der Waals surface area contributed by atoms with Crippen molar-refractivity contribution in [2.45, 2.75) is 20.3 Å². The van der Waals surface area contributed by atoms with Crippen LogP contribution in [0.4, 0.5) is 11.4 Å². The molecule has 0 aliphatic carbocycles. The molecule has 0 bridgehead atoms. The predicted molar refractivity (Wildman–Crippen MR) is 136 cm³/mol. The average Bonchev–Trinajstić information content (AvgIpc) is 3.30. The standard InChI is InChI=1S/C28H24N2O8/c1-17-3-8-23(13-18(17)2)29-15-21(14-26(29)32)27(33)37-16-25(31)19-6-11-24(12-7-19)38-28(34)20-4-9-22(10-5-20)30(35)36/h3-13,21H,14-16H2,1-2H3/t21-/m1/s1. The van der Waals surface area contributed by atoms with E-state index in [1.165, 1.54) is 48.5 Å². The van der Waals surface area contributed by atoms with E-state index in [0.29, 0.717) is 0 Å². The lowest BCUT2D eigenvalue weighted by Crippen LogP contribution is -2.27. The maximum atomic E-state index is 12.5. The Morgan fingerprint density at radius 1 is 0.947 bits per heavy atom. The molecule has 0 N–H and O–H groups in total. The van der Waals surface area contributed by atoms with Crippen LogP contribution in [0.5, 0.6) is 5.75 Å². The molecule has 1 amide bonds. The second kappa shape index (κ2) is 11.0. The zero-order valence-electron chi connectivity index (χ0n) is 20.7. The van der Waals surface area contributed by atoms with Crippen LogP contribution in [0.25, 0.3) is 0 Å². The number of ketones is 1. The largest absolute Gasteiger partial charge is 0.457 e. The van der Waals surface area contributed by atoms with E-state index in [2.05, 4.69) is 0 Å². The number of carbonyl (C=O) groups is 4. The van der Waals surface area contributed by atoms with Gasteiger partial charge in [-0.05, 0) is 73.5 Å². The van der Waals surface area contributed by atoms with Gasteiger partial charge in [0.25, 0.3) is 5.69 Å². The zero-order valence-corrected chi connectivity index (χ0v) is 20.7. The van der Waals surface area contributed by atoms with Crippen LogP contribution in [-0.2, 0) is 14.3 Å². The van der Waals surface area contributed by atoms with Crippen LogP contribution in [-0.4, -0.2) is 41.7 Å². The van der Waals surface area contributed by atoms with Crippen LogP contribution in [0.15, 0.2) is 66.7 Å². The molecule has 10 heteroatoms. The van der Waals surface area contributed by atoms with Crippen molar-refractivity contribution < 1.29 is 33.6 Å². The fourth-order valence-corrected chi connectivity index (χ4v) is 3.94. The van der Waals surface area contributed by atoms with E-state index < -0.39 is 35.2 Å². The third-order valence-electron chi connectivity index (χ3n) is 6.31. The molecular weight excluding hydrogens is 492 g/mol. The van der Waals surface area contributed by atoms with Gasteiger partial charge in [0.15, 0.2) is 12.4 Å². The van der Waals surface area contributed by atoms with Gasteiger partial charge in [0, 0.05) is 36.3 Å². The van der Waals surface area contributed by atoms with E-state index in [1.54, 1.807) is 4.90 Å². The van der Waals surface area contributed by atoms with E-state index in [9.17, 15) is 29.3 Å². The summed E-state index contributed by atoms with van der Waals surface area (Å²) in [5, 5.41) is 10.7. The Morgan fingerprint density at radius 2 is 1.61 bits per heavy atom. The highest BCUT2D eigenvalue weighted by atomic mass is 16.6. The molecule has 0 saturated carbocycles. The molecule has 1 saturated heterocycles. The summed E-state index contributed by atoms with van der Waals surface area (Å²) in [5.74, 6) is -2.47. The Kier molecular flexibility index (Phi) is 7.61. The minimum Gasteiger partial charge on any atom is -0.457 e. The molecule has 3 aromatic carbocycles. The molecule has 10 nitrogen and oxygen atoms in total. The number of amides is 1. The number of anilines is 1. The number of esters is 2. The van der Waals surface area contributed by atoms with Gasteiger partial charge in [-0.1, -0.05) is 6.07 Å². The number of nitrogens with zero attached hydrogens (tertiary/aromatic N) is 2. The first-order chi connectivity index (χ1) is 18.1. The van der Waals surface area contributed by atoms with E-state index in [4.69, 9.17) is 9.47 Å². The fourth-order valence-electron chi connectivity index (χ4n) is 3.94. The number of aryl methyl sites for hydroxylation is 2. The fraction of sp³-hybridized carbons (Fsp3) is 0.214. The van der Waals surface area contributed by atoms with Crippen molar-refractivity contribution in [1.82, 2.24) is 0 Å². The number of carbonyl (C=O) groups excluding carboxylic acids is 4. The molecule has 0 radical (unpaired) electrons. The number of nitro groups is 1. The van der Waals surface area contributed by atoms with Gasteiger partial charge in [-0.25, -0.2) is 4.79 Å². The first-order valence-electron chi connectivity index (χ1n) is 11.8. The summed E-state index contributed by atoms with van der Waals surface area (Å²) in [6, 6.07) is 16.3. The number of nitro benzene ring substituents is 1.